The number of carbonyl (C=O) groups is 2. The topological polar surface area (TPSA) is 80.1 Å². The van der Waals surface area contributed by atoms with Crippen LogP contribution >= 0.6 is 0 Å². The lowest BCUT2D eigenvalue weighted by Crippen LogP contribution is -2.30. The molecule has 2 aromatic heterocycles. The van der Waals surface area contributed by atoms with E-state index >= 15 is 0 Å². The van der Waals surface area contributed by atoms with Crippen molar-refractivity contribution in [2.45, 2.75) is 58.4 Å². The van der Waals surface area contributed by atoms with Crippen molar-refractivity contribution in [1.29, 1.82) is 0 Å². The molecule has 0 radical (unpaired) electrons. The normalized spacial score (nSPS) is 13.0. The predicted octanol–water partition coefficient (Wildman–Crippen LogP) is 2.85. The highest BCUT2D eigenvalue weighted by atomic mass is 16.2. The second-order valence-corrected chi connectivity index (χ2v) is 7.63. The summed E-state index contributed by atoms with van der Waals surface area (Å²) in [5.74, 6) is 0.0829. The van der Waals surface area contributed by atoms with Crippen LogP contribution in [0, 0.1) is 0 Å². The summed E-state index contributed by atoms with van der Waals surface area (Å²) in [5.41, 5.74) is 2.47. The molecule has 0 saturated carbocycles. The van der Waals surface area contributed by atoms with Crippen molar-refractivity contribution in [1.82, 2.24) is 24.8 Å². The highest BCUT2D eigenvalue weighted by Crippen LogP contribution is 2.22. The highest BCUT2D eigenvalue weighted by molar-refractivity contribution is 5.97. The van der Waals surface area contributed by atoms with E-state index in [4.69, 9.17) is 0 Å². The average Bonchev–Trinajstić information content (AvgIpc) is 3.15. The number of hydrogen-bond acceptors (Lipinski definition) is 4. The maximum absolute atomic E-state index is 13.1. The summed E-state index contributed by atoms with van der Waals surface area (Å²) in [6, 6.07) is 3.91. The van der Waals surface area contributed by atoms with Gasteiger partial charge in [0.05, 0.1) is 5.69 Å². The highest BCUT2D eigenvalue weighted by Gasteiger charge is 2.28. The third kappa shape index (κ3) is 5.22. The summed E-state index contributed by atoms with van der Waals surface area (Å²) >= 11 is 0. The Kier molecular flexibility index (Phi) is 7.38. The van der Waals surface area contributed by atoms with E-state index in [0.717, 1.165) is 62.7 Å². The molecule has 0 unspecified atom stereocenters. The van der Waals surface area contributed by atoms with E-state index < -0.39 is 0 Å². The molecule has 2 aromatic rings. The third-order valence-corrected chi connectivity index (χ3v) is 5.42. The van der Waals surface area contributed by atoms with Gasteiger partial charge < -0.3 is 14.8 Å². The van der Waals surface area contributed by atoms with Gasteiger partial charge in [-0.2, -0.15) is 0 Å². The monoisotopic (exact) mass is 397 g/mol. The van der Waals surface area contributed by atoms with E-state index in [9.17, 15) is 9.59 Å². The van der Waals surface area contributed by atoms with Crippen LogP contribution in [0.1, 0.15) is 71.4 Å². The number of likely N-dealkylation sites (N-methyl/N-ethyl adjacent to an activating group) is 1. The Labute approximate surface area is 172 Å². The number of nitrogens with one attached hydrogen (secondary N) is 1. The Morgan fingerprint density at radius 2 is 2.00 bits per heavy atom. The Morgan fingerprint density at radius 1 is 1.21 bits per heavy atom. The van der Waals surface area contributed by atoms with Crippen molar-refractivity contribution in [2.75, 3.05) is 20.1 Å². The number of carbonyl (C=O) groups excluding carboxylic acids is 2. The Hall–Kier alpha value is -2.70. The summed E-state index contributed by atoms with van der Waals surface area (Å²) in [4.78, 5) is 36.0. The van der Waals surface area contributed by atoms with Crippen molar-refractivity contribution < 1.29 is 9.59 Å². The number of amides is 2. The molecular weight excluding hydrogens is 366 g/mol. The SMILES string of the molecule is CCCCCNC(=O)c1nc(C(=O)N(C)CCc2ccncc2)c2n1CCCC2. The molecule has 0 bridgehead atoms. The summed E-state index contributed by atoms with van der Waals surface area (Å²) in [6.45, 7) is 4.11. The fourth-order valence-electron chi connectivity index (χ4n) is 3.67. The largest absolute Gasteiger partial charge is 0.349 e. The third-order valence-electron chi connectivity index (χ3n) is 5.42. The molecule has 7 heteroatoms. The molecule has 29 heavy (non-hydrogen) atoms. The van der Waals surface area contributed by atoms with Crippen LogP contribution in [0.2, 0.25) is 0 Å². The van der Waals surface area contributed by atoms with Gasteiger partial charge in [-0.3, -0.25) is 14.6 Å². The minimum Gasteiger partial charge on any atom is -0.349 e. The molecule has 2 amide bonds. The van der Waals surface area contributed by atoms with Gasteiger partial charge >= 0.3 is 0 Å². The summed E-state index contributed by atoms with van der Waals surface area (Å²) in [7, 11) is 1.79. The van der Waals surface area contributed by atoms with Gasteiger partial charge in [-0.25, -0.2) is 4.98 Å². The number of imidazole rings is 1. The molecule has 0 aromatic carbocycles. The van der Waals surface area contributed by atoms with Gasteiger partial charge in [-0.05, 0) is 49.8 Å². The van der Waals surface area contributed by atoms with Gasteiger partial charge in [0.1, 0.15) is 5.69 Å². The van der Waals surface area contributed by atoms with Crippen LogP contribution in [0.3, 0.4) is 0 Å². The molecule has 0 aliphatic carbocycles. The first kappa shape index (κ1) is 21.0. The lowest BCUT2D eigenvalue weighted by atomic mass is 10.1. The fraction of sp³-hybridized carbons (Fsp3) is 0.545. The van der Waals surface area contributed by atoms with Crippen molar-refractivity contribution in [3.05, 3.63) is 47.3 Å². The minimum atomic E-state index is -0.178. The zero-order valence-electron chi connectivity index (χ0n) is 17.5. The number of fused-ring (bicyclic) bond motifs is 1. The maximum Gasteiger partial charge on any atom is 0.287 e. The number of nitrogens with zero attached hydrogens (tertiary/aromatic N) is 4. The van der Waals surface area contributed by atoms with Crippen molar-refractivity contribution >= 4 is 11.8 Å². The number of unbranched alkanes of at least 4 members (excludes halogenated alkanes) is 2. The smallest absolute Gasteiger partial charge is 0.287 e. The van der Waals surface area contributed by atoms with Crippen LogP contribution in [0.5, 0.6) is 0 Å². The van der Waals surface area contributed by atoms with E-state index in [1.165, 1.54) is 0 Å². The number of pyridine rings is 1. The predicted molar refractivity (Wildman–Crippen MR) is 112 cm³/mol. The van der Waals surface area contributed by atoms with Crippen molar-refractivity contribution in [2.24, 2.45) is 0 Å². The standard InChI is InChI=1S/C22H31N5O2/c1-3-4-6-12-24-21(28)20-25-19(18-8-5-7-15-27(18)20)22(29)26(2)16-11-17-9-13-23-14-10-17/h9-10,13-14H,3-8,11-12,15-16H2,1-2H3,(H,24,28). The summed E-state index contributed by atoms with van der Waals surface area (Å²) in [5, 5.41) is 2.96. The molecule has 0 fully saturated rings. The number of aromatic nitrogens is 3. The Morgan fingerprint density at radius 3 is 2.76 bits per heavy atom. The van der Waals surface area contributed by atoms with Crippen LogP contribution in [0.4, 0.5) is 0 Å². The molecule has 3 heterocycles. The zero-order valence-corrected chi connectivity index (χ0v) is 17.5. The van der Waals surface area contributed by atoms with E-state index in [1.807, 2.05) is 16.7 Å². The van der Waals surface area contributed by atoms with E-state index in [0.29, 0.717) is 24.6 Å². The van der Waals surface area contributed by atoms with E-state index in [1.54, 1.807) is 24.3 Å². The Balaban J connectivity index is 1.71. The summed E-state index contributed by atoms with van der Waals surface area (Å²) in [6.07, 6.45) is 10.2. The molecule has 1 N–H and O–H groups in total. The molecule has 7 nitrogen and oxygen atoms in total. The minimum absolute atomic E-state index is 0.116. The van der Waals surface area contributed by atoms with Gasteiger partial charge in [-0.15, -0.1) is 0 Å². The molecule has 156 valence electrons. The quantitative estimate of drug-likeness (QED) is 0.660. The van der Waals surface area contributed by atoms with Crippen LogP contribution in [0.15, 0.2) is 24.5 Å². The summed E-state index contributed by atoms with van der Waals surface area (Å²) < 4.78 is 1.95. The molecular formula is C22H31N5O2. The van der Waals surface area contributed by atoms with Crippen molar-refractivity contribution in [3.8, 4) is 0 Å². The number of hydrogen-bond donors (Lipinski definition) is 1. The van der Waals surface area contributed by atoms with Gasteiger partial charge in [0.25, 0.3) is 11.8 Å². The average molecular weight is 398 g/mol. The van der Waals surface area contributed by atoms with Gasteiger partial charge in [0.15, 0.2) is 5.82 Å². The first-order chi connectivity index (χ1) is 14.1. The van der Waals surface area contributed by atoms with Crippen LogP contribution in [-0.4, -0.2) is 51.4 Å². The number of rotatable bonds is 9. The molecule has 1 aliphatic rings. The fourth-order valence-corrected chi connectivity index (χ4v) is 3.67. The van der Waals surface area contributed by atoms with Gasteiger partial charge in [-0.1, -0.05) is 19.8 Å². The van der Waals surface area contributed by atoms with Gasteiger partial charge in [0, 0.05) is 39.1 Å². The molecule has 0 saturated heterocycles. The second-order valence-electron chi connectivity index (χ2n) is 7.63. The van der Waals surface area contributed by atoms with Gasteiger partial charge in [0.2, 0.25) is 0 Å². The molecule has 0 atom stereocenters. The first-order valence-corrected chi connectivity index (χ1v) is 10.6. The van der Waals surface area contributed by atoms with E-state index in [2.05, 4.69) is 22.2 Å². The van der Waals surface area contributed by atoms with Crippen LogP contribution in [0.25, 0.3) is 0 Å². The van der Waals surface area contributed by atoms with Crippen LogP contribution in [-0.2, 0) is 19.4 Å². The second kappa shape index (κ2) is 10.2. The first-order valence-electron chi connectivity index (χ1n) is 10.6. The molecule has 1 aliphatic heterocycles. The molecule has 0 spiro atoms. The zero-order chi connectivity index (χ0) is 20.6. The van der Waals surface area contributed by atoms with Crippen LogP contribution < -0.4 is 5.32 Å². The lowest BCUT2D eigenvalue weighted by Gasteiger charge is -2.19. The Bertz CT molecular complexity index is 831. The maximum atomic E-state index is 13.1. The molecule has 3 rings (SSSR count). The van der Waals surface area contributed by atoms with Crippen molar-refractivity contribution in [3.63, 3.8) is 0 Å². The van der Waals surface area contributed by atoms with E-state index in [-0.39, 0.29) is 11.8 Å². The lowest BCUT2D eigenvalue weighted by molar-refractivity contribution is 0.0789.